The van der Waals surface area contributed by atoms with Crippen molar-refractivity contribution in [2.24, 2.45) is 21.6 Å². The zero-order valence-corrected chi connectivity index (χ0v) is 18.0. The first kappa shape index (κ1) is 20.8. The lowest BCUT2D eigenvalue weighted by Gasteiger charge is -2.35. The maximum absolute atomic E-state index is 12.7. The van der Waals surface area contributed by atoms with E-state index in [9.17, 15) is 13.2 Å². The number of rotatable bonds is 5. The first-order valence-corrected chi connectivity index (χ1v) is 11.5. The number of nitrogens with one attached hydrogen (secondary N) is 2. The van der Waals surface area contributed by atoms with E-state index >= 15 is 0 Å². The van der Waals surface area contributed by atoms with Gasteiger partial charge in [-0.1, -0.05) is 52.7 Å². The number of hydrogen-bond acceptors (Lipinski definition) is 4. The van der Waals surface area contributed by atoms with Gasteiger partial charge in [0.15, 0.2) is 0 Å². The van der Waals surface area contributed by atoms with Crippen LogP contribution in [0.25, 0.3) is 0 Å². The first-order chi connectivity index (χ1) is 13.1. The van der Waals surface area contributed by atoms with Gasteiger partial charge in [-0.3, -0.25) is 4.79 Å². The van der Waals surface area contributed by atoms with Gasteiger partial charge in [-0.25, -0.2) is 0 Å². The molecule has 2 N–H and O–H groups in total. The number of amides is 1. The summed E-state index contributed by atoms with van der Waals surface area (Å²) in [5, 5.41) is 6.32. The molecule has 1 heterocycles. The van der Waals surface area contributed by atoms with Gasteiger partial charge < -0.3 is 10.6 Å². The fourth-order valence-corrected chi connectivity index (χ4v) is 5.38. The van der Waals surface area contributed by atoms with Crippen LogP contribution in [0, 0.1) is 17.3 Å². The zero-order chi connectivity index (χ0) is 20.5. The van der Waals surface area contributed by atoms with Crippen LogP contribution in [0.3, 0.4) is 0 Å². The second-order valence-electron chi connectivity index (χ2n) is 9.09. The second kappa shape index (κ2) is 7.85. The van der Waals surface area contributed by atoms with Crippen molar-refractivity contribution in [2.45, 2.75) is 70.7 Å². The maximum atomic E-state index is 12.7. The number of benzene rings is 1. The van der Waals surface area contributed by atoms with Gasteiger partial charge in [0, 0.05) is 18.9 Å². The Bertz CT molecular complexity index is 877. The summed E-state index contributed by atoms with van der Waals surface area (Å²) in [6.07, 6.45) is 4.11. The molecule has 3 rings (SSSR count). The average molecular weight is 406 g/mol. The largest absolute Gasteiger partial charge is 0.353 e. The molecule has 7 heteroatoms. The van der Waals surface area contributed by atoms with E-state index in [1.165, 1.54) is 6.42 Å². The van der Waals surface area contributed by atoms with E-state index in [4.69, 9.17) is 0 Å². The summed E-state index contributed by atoms with van der Waals surface area (Å²) in [5.74, 6) is 1.51. The summed E-state index contributed by atoms with van der Waals surface area (Å²) in [5.41, 5.74) is 0.124. The number of nitrogens with zero attached hydrogens (tertiary/aromatic N) is 1. The van der Waals surface area contributed by atoms with E-state index in [-0.39, 0.29) is 16.8 Å². The van der Waals surface area contributed by atoms with Crippen LogP contribution in [0.2, 0.25) is 0 Å². The molecule has 1 aliphatic heterocycles. The summed E-state index contributed by atoms with van der Waals surface area (Å²) < 4.78 is 28.8. The Morgan fingerprint density at radius 1 is 1.25 bits per heavy atom. The number of hydrogen-bond donors (Lipinski definition) is 2. The van der Waals surface area contributed by atoms with Crippen LogP contribution in [0.5, 0.6) is 0 Å². The van der Waals surface area contributed by atoms with E-state index < -0.39 is 15.4 Å². The van der Waals surface area contributed by atoms with Crippen molar-refractivity contribution in [1.82, 2.24) is 5.32 Å². The lowest BCUT2D eigenvalue weighted by molar-refractivity contribution is -0.124. The minimum absolute atomic E-state index is 0.0237. The lowest BCUT2D eigenvalue weighted by atomic mass is 9.77. The Hall–Kier alpha value is -1.89. The fourth-order valence-electron chi connectivity index (χ4n) is 4.24. The molecule has 3 atom stereocenters. The quantitative estimate of drug-likeness (QED) is 0.776. The molecule has 28 heavy (non-hydrogen) atoms. The van der Waals surface area contributed by atoms with Gasteiger partial charge in [-0.15, -0.1) is 4.40 Å². The maximum Gasteiger partial charge on any atom is 0.286 e. The minimum atomic E-state index is -3.70. The molecule has 0 saturated heterocycles. The molecule has 1 aromatic carbocycles. The number of amidine groups is 1. The van der Waals surface area contributed by atoms with Crippen molar-refractivity contribution < 1.29 is 13.2 Å². The molecule has 2 aliphatic rings. The van der Waals surface area contributed by atoms with E-state index in [1.807, 2.05) is 13.8 Å². The SMILES string of the molecule is CC1CCCC(NC(=O)CC(C)(C)CC2=NS(=O)(=O)c3ccccc3N2)C1C. The topological polar surface area (TPSA) is 87.6 Å². The lowest BCUT2D eigenvalue weighted by Crippen LogP contribution is -2.45. The van der Waals surface area contributed by atoms with Crippen LogP contribution in [-0.2, 0) is 14.8 Å². The smallest absolute Gasteiger partial charge is 0.286 e. The highest BCUT2D eigenvalue weighted by molar-refractivity contribution is 7.90. The molecule has 1 saturated carbocycles. The number of carbonyl (C=O) groups excluding carboxylic acids is 1. The second-order valence-corrected chi connectivity index (χ2v) is 10.7. The van der Waals surface area contributed by atoms with Crippen molar-refractivity contribution in [3.8, 4) is 0 Å². The molecule has 154 valence electrons. The molecule has 0 aromatic heterocycles. The molecular weight excluding hydrogens is 374 g/mol. The Kier molecular flexibility index (Phi) is 5.84. The number of fused-ring (bicyclic) bond motifs is 1. The van der Waals surface area contributed by atoms with Crippen LogP contribution in [0.15, 0.2) is 33.6 Å². The highest BCUT2D eigenvalue weighted by Gasteiger charge is 2.32. The van der Waals surface area contributed by atoms with Gasteiger partial charge >= 0.3 is 0 Å². The Morgan fingerprint density at radius 2 is 1.96 bits per heavy atom. The molecule has 1 amide bonds. The van der Waals surface area contributed by atoms with Crippen LogP contribution >= 0.6 is 0 Å². The Morgan fingerprint density at radius 3 is 2.71 bits per heavy atom. The van der Waals surface area contributed by atoms with Crippen molar-refractivity contribution in [3.05, 3.63) is 24.3 Å². The molecular formula is C21H31N3O3S. The Balaban J connectivity index is 1.64. The molecule has 0 bridgehead atoms. The molecule has 0 radical (unpaired) electrons. The van der Waals surface area contributed by atoms with Crippen LogP contribution < -0.4 is 10.6 Å². The third-order valence-corrected chi connectivity index (χ3v) is 7.39. The predicted octanol–water partition coefficient (Wildman–Crippen LogP) is 3.95. The highest BCUT2D eigenvalue weighted by atomic mass is 32.2. The van der Waals surface area contributed by atoms with Crippen LogP contribution in [0.1, 0.15) is 59.8 Å². The minimum Gasteiger partial charge on any atom is -0.353 e. The third kappa shape index (κ3) is 4.74. The molecule has 6 nitrogen and oxygen atoms in total. The average Bonchev–Trinajstić information content (AvgIpc) is 2.57. The monoisotopic (exact) mass is 405 g/mol. The first-order valence-electron chi connectivity index (χ1n) is 10.1. The number of sulfonamides is 1. The fraction of sp³-hybridized carbons (Fsp3) is 0.619. The van der Waals surface area contributed by atoms with Gasteiger partial charge in [0.25, 0.3) is 10.0 Å². The van der Waals surface area contributed by atoms with Crippen molar-refractivity contribution in [3.63, 3.8) is 0 Å². The van der Waals surface area contributed by atoms with Crippen molar-refractivity contribution >= 4 is 27.5 Å². The summed E-state index contributed by atoms with van der Waals surface area (Å²) in [7, 11) is -3.70. The normalized spacial score (nSPS) is 26.6. The molecule has 1 aliphatic carbocycles. The van der Waals surface area contributed by atoms with E-state index in [0.29, 0.717) is 36.2 Å². The van der Waals surface area contributed by atoms with Gasteiger partial charge in [0.05, 0.1) is 5.69 Å². The van der Waals surface area contributed by atoms with Gasteiger partial charge in [-0.05, 0) is 35.8 Å². The molecule has 1 aromatic rings. The van der Waals surface area contributed by atoms with Crippen LogP contribution in [0.4, 0.5) is 5.69 Å². The molecule has 0 spiro atoms. The Labute approximate surface area is 168 Å². The highest BCUT2D eigenvalue weighted by Crippen LogP contribution is 2.33. The molecule has 3 unspecified atom stereocenters. The summed E-state index contributed by atoms with van der Waals surface area (Å²) >= 11 is 0. The summed E-state index contributed by atoms with van der Waals surface area (Å²) in [6, 6.07) is 6.97. The number of para-hydroxylation sites is 1. The third-order valence-electron chi connectivity index (χ3n) is 6.01. The summed E-state index contributed by atoms with van der Waals surface area (Å²) in [4.78, 5) is 12.8. The van der Waals surface area contributed by atoms with E-state index in [1.54, 1.807) is 24.3 Å². The van der Waals surface area contributed by atoms with Crippen molar-refractivity contribution in [1.29, 1.82) is 0 Å². The molecule has 1 fully saturated rings. The zero-order valence-electron chi connectivity index (χ0n) is 17.2. The van der Waals surface area contributed by atoms with Gasteiger partial charge in [-0.2, -0.15) is 8.42 Å². The van der Waals surface area contributed by atoms with Crippen molar-refractivity contribution in [2.75, 3.05) is 5.32 Å². The van der Waals surface area contributed by atoms with E-state index in [2.05, 4.69) is 28.9 Å². The van der Waals surface area contributed by atoms with Crippen LogP contribution in [-0.4, -0.2) is 26.2 Å². The van der Waals surface area contributed by atoms with E-state index in [0.717, 1.165) is 12.8 Å². The predicted molar refractivity (Wildman–Crippen MR) is 112 cm³/mol. The number of anilines is 1. The van der Waals surface area contributed by atoms with Gasteiger partial charge in [0.1, 0.15) is 10.7 Å². The van der Waals surface area contributed by atoms with Gasteiger partial charge in [0.2, 0.25) is 5.91 Å². The standard InChI is InChI=1S/C21H31N3O3S/c1-14-8-7-10-16(15(14)2)23-20(25)13-21(3,4)12-19-22-17-9-5-6-11-18(17)28(26,27)24-19/h5-6,9,11,14-16H,7-8,10,12-13H2,1-4H3,(H,22,24)(H,23,25). The summed E-state index contributed by atoms with van der Waals surface area (Å²) in [6.45, 7) is 8.40. The number of carbonyl (C=O) groups is 1.